The van der Waals surface area contributed by atoms with Crippen molar-refractivity contribution in [2.45, 2.75) is 0 Å². The molecule has 0 bridgehead atoms. The maximum Gasteiger partial charge on any atom is 0.169 e. The average molecular weight is 263 g/mol. The molecule has 0 radical (unpaired) electrons. The summed E-state index contributed by atoms with van der Waals surface area (Å²) in [4.78, 5) is 8.57. The van der Waals surface area contributed by atoms with Crippen LogP contribution in [0.4, 0.5) is 5.82 Å². The molecular formula is C15H13N5. The summed E-state index contributed by atoms with van der Waals surface area (Å²) in [5.74, 6) is 0.961. The van der Waals surface area contributed by atoms with Crippen molar-refractivity contribution in [1.29, 1.82) is 0 Å². The minimum atomic E-state index is 0.320. The van der Waals surface area contributed by atoms with E-state index in [-0.39, 0.29) is 0 Å². The first kappa shape index (κ1) is 12.1. The van der Waals surface area contributed by atoms with E-state index in [9.17, 15) is 0 Å². The Hall–Kier alpha value is -2.95. The van der Waals surface area contributed by atoms with E-state index in [2.05, 4.69) is 20.5 Å². The number of hydrazone groups is 1. The Morgan fingerprint density at radius 1 is 1.00 bits per heavy atom. The molecule has 0 atom stereocenters. The number of anilines is 1. The third-order valence-electron chi connectivity index (χ3n) is 2.82. The molecule has 3 N–H and O–H groups in total. The molecule has 0 amide bonds. The number of nitrogens with zero attached hydrogens (tertiary/aromatic N) is 3. The van der Waals surface area contributed by atoms with Crippen LogP contribution < -0.4 is 11.2 Å². The van der Waals surface area contributed by atoms with Crippen LogP contribution in [0.5, 0.6) is 0 Å². The highest BCUT2D eigenvalue weighted by Crippen LogP contribution is 2.14. The molecule has 0 aliphatic heterocycles. The molecule has 1 aromatic carbocycles. The Balaban J connectivity index is 1.83. The molecule has 0 saturated heterocycles. The zero-order valence-electron chi connectivity index (χ0n) is 10.7. The van der Waals surface area contributed by atoms with Gasteiger partial charge in [0.25, 0.3) is 0 Å². The van der Waals surface area contributed by atoms with Crippen LogP contribution in [-0.4, -0.2) is 15.8 Å². The minimum Gasteiger partial charge on any atom is -0.380 e. The van der Waals surface area contributed by atoms with Crippen molar-refractivity contribution in [1.82, 2.24) is 9.97 Å². The number of benzene rings is 1. The molecule has 2 heterocycles. The van der Waals surface area contributed by atoms with Gasteiger partial charge in [0.1, 0.15) is 11.5 Å². The molecule has 0 aliphatic carbocycles. The summed E-state index contributed by atoms with van der Waals surface area (Å²) >= 11 is 0. The Morgan fingerprint density at radius 3 is 2.70 bits per heavy atom. The topological polar surface area (TPSA) is 76.2 Å². The second-order valence-corrected chi connectivity index (χ2v) is 4.21. The van der Waals surface area contributed by atoms with Crippen LogP contribution >= 0.6 is 0 Å². The molecule has 0 saturated carbocycles. The summed E-state index contributed by atoms with van der Waals surface area (Å²) in [5.41, 5.74) is 10.2. The van der Waals surface area contributed by atoms with Crippen molar-refractivity contribution in [3.05, 3.63) is 66.5 Å². The van der Waals surface area contributed by atoms with E-state index in [1.807, 2.05) is 48.5 Å². The fraction of sp³-hybridized carbons (Fsp3) is 0. The number of fused-ring (bicyclic) bond motifs is 1. The Morgan fingerprint density at radius 2 is 1.85 bits per heavy atom. The van der Waals surface area contributed by atoms with E-state index in [1.54, 1.807) is 12.3 Å². The minimum absolute atomic E-state index is 0.320. The Labute approximate surface area is 116 Å². The van der Waals surface area contributed by atoms with Crippen LogP contribution in [0.2, 0.25) is 0 Å². The van der Waals surface area contributed by atoms with E-state index >= 15 is 0 Å². The first-order valence-corrected chi connectivity index (χ1v) is 6.19. The van der Waals surface area contributed by atoms with Gasteiger partial charge in [-0.15, -0.1) is 0 Å². The highest BCUT2D eigenvalue weighted by molar-refractivity contribution is 5.96. The lowest BCUT2D eigenvalue weighted by molar-refractivity contribution is 1.21. The molecule has 5 nitrogen and oxygen atoms in total. The maximum absolute atomic E-state index is 5.85. The van der Waals surface area contributed by atoms with Crippen LogP contribution in [0, 0.1) is 0 Å². The molecule has 5 heteroatoms. The number of amidine groups is 1. The molecule has 0 spiro atoms. The predicted molar refractivity (Wildman–Crippen MR) is 80.3 cm³/mol. The van der Waals surface area contributed by atoms with Gasteiger partial charge in [0.15, 0.2) is 5.84 Å². The third kappa shape index (κ3) is 2.56. The fourth-order valence-electron chi connectivity index (χ4n) is 1.82. The van der Waals surface area contributed by atoms with E-state index in [1.165, 1.54) is 0 Å². The number of para-hydroxylation sites is 1. The zero-order chi connectivity index (χ0) is 13.8. The number of hydrogen-bond acceptors (Lipinski definition) is 4. The van der Waals surface area contributed by atoms with E-state index in [0.717, 1.165) is 10.9 Å². The van der Waals surface area contributed by atoms with Crippen LogP contribution in [0.3, 0.4) is 0 Å². The summed E-state index contributed by atoms with van der Waals surface area (Å²) in [6.07, 6.45) is 1.67. The normalized spacial score (nSPS) is 11.5. The number of rotatable bonds is 3. The standard InChI is InChI=1S/C15H13N5/c16-15(13-7-3-4-10-17-13)20-19-14-9-8-11-5-1-2-6-12(11)18-14/h1-10H,(H2,16,20)(H,18,19). The second-order valence-electron chi connectivity index (χ2n) is 4.21. The monoisotopic (exact) mass is 263 g/mol. The smallest absolute Gasteiger partial charge is 0.169 e. The van der Waals surface area contributed by atoms with Crippen LogP contribution in [-0.2, 0) is 0 Å². The van der Waals surface area contributed by atoms with Gasteiger partial charge < -0.3 is 5.73 Å². The predicted octanol–water partition coefficient (Wildman–Crippen LogP) is 2.36. The van der Waals surface area contributed by atoms with Crippen molar-refractivity contribution in [2.24, 2.45) is 10.8 Å². The molecule has 20 heavy (non-hydrogen) atoms. The highest BCUT2D eigenvalue weighted by Gasteiger charge is 1.99. The molecule has 2 aromatic heterocycles. The largest absolute Gasteiger partial charge is 0.380 e. The van der Waals surface area contributed by atoms with Gasteiger partial charge in [0.05, 0.1) is 5.52 Å². The lowest BCUT2D eigenvalue weighted by Crippen LogP contribution is -2.16. The van der Waals surface area contributed by atoms with Gasteiger partial charge in [-0.3, -0.25) is 10.4 Å². The zero-order valence-corrected chi connectivity index (χ0v) is 10.7. The van der Waals surface area contributed by atoms with Gasteiger partial charge in [-0.2, -0.15) is 5.10 Å². The van der Waals surface area contributed by atoms with E-state index in [4.69, 9.17) is 5.73 Å². The summed E-state index contributed by atoms with van der Waals surface area (Å²) in [6.45, 7) is 0. The van der Waals surface area contributed by atoms with Crippen molar-refractivity contribution in [3.8, 4) is 0 Å². The SMILES string of the molecule is N/C(=N\Nc1ccc2ccccc2n1)c1ccccn1. The molecule has 3 rings (SSSR count). The Bertz CT molecular complexity index is 752. The lowest BCUT2D eigenvalue weighted by atomic mass is 10.2. The molecule has 3 aromatic rings. The van der Waals surface area contributed by atoms with Gasteiger partial charge in [-0.05, 0) is 30.3 Å². The van der Waals surface area contributed by atoms with Gasteiger partial charge in [-0.25, -0.2) is 4.98 Å². The molecule has 0 fully saturated rings. The van der Waals surface area contributed by atoms with Crippen LogP contribution in [0.15, 0.2) is 65.9 Å². The van der Waals surface area contributed by atoms with Gasteiger partial charge in [0.2, 0.25) is 0 Å². The number of hydrogen-bond donors (Lipinski definition) is 2. The number of aromatic nitrogens is 2. The first-order chi connectivity index (χ1) is 9.83. The van der Waals surface area contributed by atoms with Crippen molar-refractivity contribution in [2.75, 3.05) is 5.43 Å². The van der Waals surface area contributed by atoms with Crippen molar-refractivity contribution >= 4 is 22.6 Å². The molecule has 0 unspecified atom stereocenters. The molecule has 0 aliphatic rings. The number of nitrogens with one attached hydrogen (secondary N) is 1. The summed E-state index contributed by atoms with van der Waals surface area (Å²) < 4.78 is 0. The number of nitrogens with two attached hydrogens (primary N) is 1. The van der Waals surface area contributed by atoms with Crippen molar-refractivity contribution in [3.63, 3.8) is 0 Å². The summed E-state index contributed by atoms with van der Waals surface area (Å²) in [5, 5.41) is 5.17. The Kier molecular flexibility index (Phi) is 3.24. The highest BCUT2D eigenvalue weighted by atomic mass is 15.3. The van der Waals surface area contributed by atoms with Crippen LogP contribution in [0.1, 0.15) is 5.69 Å². The lowest BCUT2D eigenvalue weighted by Gasteiger charge is -2.03. The molecule has 98 valence electrons. The number of pyridine rings is 2. The summed E-state index contributed by atoms with van der Waals surface area (Å²) in [7, 11) is 0. The third-order valence-corrected chi connectivity index (χ3v) is 2.82. The first-order valence-electron chi connectivity index (χ1n) is 6.19. The molecular weight excluding hydrogens is 250 g/mol. The quantitative estimate of drug-likeness (QED) is 0.432. The summed E-state index contributed by atoms with van der Waals surface area (Å²) in [6, 6.07) is 17.2. The van der Waals surface area contributed by atoms with Gasteiger partial charge >= 0.3 is 0 Å². The van der Waals surface area contributed by atoms with Gasteiger partial charge in [-0.1, -0.05) is 24.3 Å². The maximum atomic E-state index is 5.85. The average Bonchev–Trinajstić information content (AvgIpc) is 2.53. The van der Waals surface area contributed by atoms with Crippen molar-refractivity contribution < 1.29 is 0 Å². The van der Waals surface area contributed by atoms with Crippen LogP contribution in [0.25, 0.3) is 10.9 Å². The van der Waals surface area contributed by atoms with E-state index < -0.39 is 0 Å². The van der Waals surface area contributed by atoms with E-state index in [0.29, 0.717) is 17.3 Å². The second kappa shape index (κ2) is 5.36. The fourth-order valence-corrected chi connectivity index (χ4v) is 1.82. The van der Waals surface area contributed by atoms with Gasteiger partial charge in [0, 0.05) is 11.6 Å².